The lowest BCUT2D eigenvalue weighted by atomic mass is 9.98. The van der Waals surface area contributed by atoms with Gasteiger partial charge in [-0.3, -0.25) is 4.79 Å². The molecule has 2 aromatic carbocycles. The second-order valence-corrected chi connectivity index (χ2v) is 9.74. The quantitative estimate of drug-likeness (QED) is 0.520. The van der Waals surface area contributed by atoms with E-state index in [4.69, 9.17) is 4.74 Å². The van der Waals surface area contributed by atoms with Crippen molar-refractivity contribution in [2.24, 2.45) is 0 Å². The summed E-state index contributed by atoms with van der Waals surface area (Å²) in [5.41, 5.74) is 3.08. The molecule has 0 saturated heterocycles. The molecule has 8 heteroatoms. The number of carbonyl (C=O) groups is 3. The Bertz CT molecular complexity index is 1010. The Balaban J connectivity index is 1.72. The van der Waals surface area contributed by atoms with Gasteiger partial charge >= 0.3 is 12.1 Å². The molecule has 0 bridgehead atoms. The van der Waals surface area contributed by atoms with E-state index < -0.39 is 29.6 Å². The number of hydrogen-bond acceptors (Lipinski definition) is 5. The van der Waals surface area contributed by atoms with Crippen molar-refractivity contribution in [1.29, 1.82) is 0 Å². The van der Waals surface area contributed by atoms with Crippen molar-refractivity contribution in [1.82, 2.24) is 10.2 Å². The number of nitrogens with one attached hydrogen (secondary N) is 1. The molecule has 182 valence electrons. The second-order valence-electron chi connectivity index (χ2n) is 8.75. The number of hydrogen-bond donors (Lipinski definition) is 2. The number of carboxylic acid groups (broad SMARTS) is 1. The molecule has 0 aromatic heterocycles. The Labute approximate surface area is 204 Å². The summed E-state index contributed by atoms with van der Waals surface area (Å²) in [6, 6.07) is 15.3. The van der Waals surface area contributed by atoms with Gasteiger partial charge in [0, 0.05) is 12.5 Å². The number of alkyl carbamates (subject to hydrolysis) is 1. The van der Waals surface area contributed by atoms with E-state index >= 15 is 0 Å². The smallest absolute Gasteiger partial charge is 0.407 e. The molecule has 1 unspecified atom stereocenters. The molecule has 3 rings (SSSR count). The molecule has 2 N–H and O–H groups in total. The molecule has 1 aliphatic carbocycles. The molecule has 0 radical (unpaired) electrons. The molecule has 0 heterocycles. The fraction of sp³-hybridized carbons (Fsp3) is 0.423. The maximum atomic E-state index is 13.2. The first-order valence-electron chi connectivity index (χ1n) is 11.4. The van der Waals surface area contributed by atoms with Crippen LogP contribution in [0.5, 0.6) is 0 Å². The predicted octanol–water partition coefficient (Wildman–Crippen LogP) is 4.36. The highest BCUT2D eigenvalue weighted by Crippen LogP contribution is 2.44. The Morgan fingerprint density at radius 3 is 2.15 bits per heavy atom. The Morgan fingerprint density at radius 1 is 1.09 bits per heavy atom. The molecular formula is C26H32N2O5S. The molecule has 1 atom stereocenters. The third-order valence-corrected chi connectivity index (χ3v) is 6.97. The summed E-state index contributed by atoms with van der Waals surface area (Å²) < 4.78 is 5.60. The summed E-state index contributed by atoms with van der Waals surface area (Å²) in [7, 11) is 0. The topological polar surface area (TPSA) is 95.9 Å². The first kappa shape index (κ1) is 25.6. The van der Waals surface area contributed by atoms with Gasteiger partial charge in [0.25, 0.3) is 0 Å². The zero-order chi connectivity index (χ0) is 24.9. The minimum atomic E-state index is -1.40. The van der Waals surface area contributed by atoms with Gasteiger partial charge in [-0.05, 0) is 61.5 Å². The van der Waals surface area contributed by atoms with Gasteiger partial charge in [-0.2, -0.15) is 11.8 Å². The van der Waals surface area contributed by atoms with Crippen LogP contribution in [0, 0.1) is 0 Å². The van der Waals surface area contributed by atoms with Gasteiger partial charge in [0.1, 0.15) is 18.2 Å². The Kier molecular flexibility index (Phi) is 8.25. The molecule has 2 aromatic rings. The molecule has 0 spiro atoms. The molecule has 0 fully saturated rings. The van der Waals surface area contributed by atoms with Crippen molar-refractivity contribution in [2.75, 3.05) is 25.2 Å². The highest BCUT2D eigenvalue weighted by atomic mass is 32.2. The average molecular weight is 485 g/mol. The standard InChI is InChI=1S/C26H32N2O5S/c1-5-28(26(2,3)24(30)31)23(29)22(14-15-34-4)27-25(32)33-16-21-19-12-8-6-10-17(19)18-11-7-9-13-20(18)21/h6-13,21-22H,5,14-16H2,1-4H3,(H,27,32)(H,30,31). The van der Waals surface area contributed by atoms with Crippen molar-refractivity contribution < 1.29 is 24.2 Å². The van der Waals surface area contributed by atoms with Crippen molar-refractivity contribution in [3.05, 3.63) is 59.7 Å². The lowest BCUT2D eigenvalue weighted by Crippen LogP contribution is -2.58. The summed E-state index contributed by atoms with van der Waals surface area (Å²) in [4.78, 5) is 39.0. The molecule has 7 nitrogen and oxygen atoms in total. The lowest BCUT2D eigenvalue weighted by Gasteiger charge is -2.36. The van der Waals surface area contributed by atoms with E-state index in [0.29, 0.717) is 12.2 Å². The summed E-state index contributed by atoms with van der Waals surface area (Å²) >= 11 is 1.55. The molecule has 2 amide bonds. The third kappa shape index (κ3) is 5.22. The van der Waals surface area contributed by atoms with Crippen LogP contribution in [-0.4, -0.2) is 64.7 Å². The average Bonchev–Trinajstić information content (AvgIpc) is 3.14. The van der Waals surface area contributed by atoms with Gasteiger partial charge in [0.2, 0.25) is 5.91 Å². The number of ether oxygens (including phenoxy) is 1. The van der Waals surface area contributed by atoms with Crippen LogP contribution in [0.15, 0.2) is 48.5 Å². The van der Waals surface area contributed by atoms with E-state index in [1.54, 1.807) is 18.7 Å². The number of thioether (sulfide) groups is 1. The molecule has 0 aliphatic heterocycles. The van der Waals surface area contributed by atoms with Crippen LogP contribution in [0.2, 0.25) is 0 Å². The summed E-state index contributed by atoms with van der Waals surface area (Å²) in [6.45, 7) is 5.04. The molecule has 34 heavy (non-hydrogen) atoms. The van der Waals surface area contributed by atoms with E-state index in [-0.39, 0.29) is 19.1 Å². The summed E-state index contributed by atoms with van der Waals surface area (Å²) in [5.74, 6) is -0.994. The zero-order valence-electron chi connectivity index (χ0n) is 20.0. The van der Waals surface area contributed by atoms with Gasteiger partial charge in [-0.15, -0.1) is 0 Å². The number of benzene rings is 2. The highest BCUT2D eigenvalue weighted by molar-refractivity contribution is 7.98. The van der Waals surface area contributed by atoms with E-state index in [9.17, 15) is 19.5 Å². The van der Waals surface area contributed by atoms with Crippen LogP contribution in [0.3, 0.4) is 0 Å². The maximum Gasteiger partial charge on any atom is 0.407 e. The van der Waals surface area contributed by atoms with Crippen molar-refractivity contribution >= 4 is 29.7 Å². The van der Waals surface area contributed by atoms with Crippen LogP contribution in [0.4, 0.5) is 4.79 Å². The molecule has 0 saturated carbocycles. The minimum Gasteiger partial charge on any atom is -0.480 e. The number of aliphatic carboxylic acids is 1. The fourth-order valence-corrected chi connectivity index (χ4v) is 4.88. The van der Waals surface area contributed by atoms with Gasteiger partial charge < -0.3 is 20.1 Å². The van der Waals surface area contributed by atoms with Crippen LogP contribution < -0.4 is 5.32 Å². The summed E-state index contributed by atoms with van der Waals surface area (Å²) in [5, 5.41) is 12.3. The predicted molar refractivity (Wildman–Crippen MR) is 134 cm³/mol. The van der Waals surface area contributed by atoms with Gasteiger partial charge in [-0.1, -0.05) is 48.5 Å². The number of carbonyl (C=O) groups excluding carboxylic acids is 2. The van der Waals surface area contributed by atoms with Crippen molar-refractivity contribution in [3.8, 4) is 11.1 Å². The van der Waals surface area contributed by atoms with Crippen molar-refractivity contribution in [2.45, 2.75) is 44.7 Å². The van der Waals surface area contributed by atoms with Crippen LogP contribution in [0.1, 0.15) is 44.2 Å². The van der Waals surface area contributed by atoms with Gasteiger partial charge in [-0.25, -0.2) is 9.59 Å². The van der Waals surface area contributed by atoms with Crippen LogP contribution >= 0.6 is 11.8 Å². The second kappa shape index (κ2) is 11.0. The number of likely N-dealkylation sites (N-methyl/N-ethyl adjacent to an activating group) is 1. The van der Waals surface area contributed by atoms with Crippen LogP contribution in [-0.2, 0) is 14.3 Å². The van der Waals surface area contributed by atoms with E-state index in [1.807, 2.05) is 42.7 Å². The maximum absolute atomic E-state index is 13.2. The number of rotatable bonds is 10. The number of amides is 2. The van der Waals surface area contributed by atoms with Gasteiger partial charge in [0.15, 0.2) is 0 Å². The summed E-state index contributed by atoms with van der Waals surface area (Å²) in [6.07, 6.45) is 1.59. The van der Waals surface area contributed by atoms with E-state index in [1.165, 1.54) is 18.7 Å². The van der Waals surface area contributed by atoms with Crippen LogP contribution in [0.25, 0.3) is 11.1 Å². The third-order valence-electron chi connectivity index (χ3n) is 6.32. The largest absolute Gasteiger partial charge is 0.480 e. The monoisotopic (exact) mass is 484 g/mol. The van der Waals surface area contributed by atoms with E-state index in [0.717, 1.165) is 22.3 Å². The van der Waals surface area contributed by atoms with Gasteiger partial charge in [0.05, 0.1) is 0 Å². The first-order chi connectivity index (χ1) is 16.2. The molecule has 1 aliphatic rings. The zero-order valence-corrected chi connectivity index (χ0v) is 20.9. The Morgan fingerprint density at radius 2 is 1.65 bits per heavy atom. The SMILES string of the molecule is CCN(C(=O)C(CCSC)NC(=O)OCC1c2ccccc2-c2ccccc21)C(C)(C)C(=O)O. The Hall–Kier alpha value is -3.00. The fourth-order valence-electron chi connectivity index (χ4n) is 4.41. The number of nitrogens with zero attached hydrogens (tertiary/aromatic N) is 1. The van der Waals surface area contributed by atoms with Crippen molar-refractivity contribution in [3.63, 3.8) is 0 Å². The number of fused-ring (bicyclic) bond motifs is 3. The minimum absolute atomic E-state index is 0.0865. The molecular weight excluding hydrogens is 452 g/mol. The number of carboxylic acids is 1. The lowest BCUT2D eigenvalue weighted by molar-refractivity contribution is -0.157. The highest BCUT2D eigenvalue weighted by Gasteiger charge is 2.40. The normalized spacial score (nSPS) is 13.5. The first-order valence-corrected chi connectivity index (χ1v) is 12.8. The van der Waals surface area contributed by atoms with E-state index in [2.05, 4.69) is 17.4 Å².